The van der Waals surface area contributed by atoms with Crippen LogP contribution in [0, 0.1) is 5.92 Å². The Morgan fingerprint density at radius 2 is 2.21 bits per heavy atom. The first-order valence-corrected chi connectivity index (χ1v) is 7.96. The van der Waals surface area contributed by atoms with Crippen LogP contribution in [0.5, 0.6) is 0 Å². The molecule has 2 rings (SSSR count). The molecule has 1 aliphatic heterocycles. The second kappa shape index (κ2) is 7.78. The molecule has 0 radical (unpaired) electrons. The predicted octanol–water partition coefficient (Wildman–Crippen LogP) is 2.55. The smallest absolute Gasteiger partial charge is 0.230 e. The van der Waals surface area contributed by atoms with E-state index in [9.17, 15) is 4.79 Å². The van der Waals surface area contributed by atoms with Crippen LogP contribution in [-0.2, 0) is 4.79 Å². The van der Waals surface area contributed by atoms with E-state index in [1.54, 1.807) is 0 Å². The standard InChI is InChI=1S/C14H19ClN2OS/c15-12-1-3-13(4-2-12)19-10-14(18)17-8-6-11-5-7-16-9-11/h1-4,11,16H,5-10H2,(H,17,18). The van der Waals surface area contributed by atoms with Gasteiger partial charge in [-0.1, -0.05) is 11.6 Å². The van der Waals surface area contributed by atoms with Crippen molar-refractivity contribution in [1.82, 2.24) is 10.6 Å². The first-order valence-electron chi connectivity index (χ1n) is 6.60. The fraction of sp³-hybridized carbons (Fsp3) is 0.500. The van der Waals surface area contributed by atoms with E-state index in [1.165, 1.54) is 18.2 Å². The van der Waals surface area contributed by atoms with Gasteiger partial charge in [0, 0.05) is 16.5 Å². The highest BCUT2D eigenvalue weighted by Gasteiger charge is 2.14. The summed E-state index contributed by atoms with van der Waals surface area (Å²) in [6.07, 6.45) is 2.31. The van der Waals surface area contributed by atoms with E-state index in [0.717, 1.165) is 41.9 Å². The molecule has 1 saturated heterocycles. The molecule has 1 amide bonds. The van der Waals surface area contributed by atoms with Crippen molar-refractivity contribution in [2.24, 2.45) is 5.92 Å². The third-order valence-electron chi connectivity index (χ3n) is 3.22. The summed E-state index contributed by atoms with van der Waals surface area (Å²) in [5.74, 6) is 1.29. The predicted molar refractivity (Wildman–Crippen MR) is 80.8 cm³/mol. The average molecular weight is 299 g/mol. The number of thioether (sulfide) groups is 1. The van der Waals surface area contributed by atoms with E-state index in [4.69, 9.17) is 11.6 Å². The Morgan fingerprint density at radius 3 is 2.89 bits per heavy atom. The van der Waals surface area contributed by atoms with Crippen molar-refractivity contribution in [3.8, 4) is 0 Å². The summed E-state index contributed by atoms with van der Waals surface area (Å²) in [4.78, 5) is 12.8. The van der Waals surface area contributed by atoms with Crippen molar-refractivity contribution in [2.45, 2.75) is 17.7 Å². The number of halogens is 1. The van der Waals surface area contributed by atoms with Crippen LogP contribution in [0.4, 0.5) is 0 Å². The largest absolute Gasteiger partial charge is 0.355 e. The number of hydrogen-bond acceptors (Lipinski definition) is 3. The van der Waals surface area contributed by atoms with Gasteiger partial charge in [-0.15, -0.1) is 11.8 Å². The van der Waals surface area contributed by atoms with Gasteiger partial charge in [-0.25, -0.2) is 0 Å². The van der Waals surface area contributed by atoms with Crippen molar-refractivity contribution in [3.05, 3.63) is 29.3 Å². The van der Waals surface area contributed by atoms with Gasteiger partial charge >= 0.3 is 0 Å². The SMILES string of the molecule is O=C(CSc1ccc(Cl)cc1)NCCC1CCNC1. The minimum absolute atomic E-state index is 0.103. The van der Waals surface area contributed by atoms with Crippen molar-refractivity contribution in [3.63, 3.8) is 0 Å². The number of hydrogen-bond donors (Lipinski definition) is 2. The molecule has 5 heteroatoms. The second-order valence-electron chi connectivity index (χ2n) is 4.74. The zero-order valence-corrected chi connectivity index (χ0v) is 12.4. The molecule has 1 heterocycles. The average Bonchev–Trinajstić information content (AvgIpc) is 2.91. The number of amides is 1. The van der Waals surface area contributed by atoms with Gasteiger partial charge in [0.05, 0.1) is 5.75 Å². The molecule has 104 valence electrons. The van der Waals surface area contributed by atoms with Crippen LogP contribution in [0.15, 0.2) is 29.2 Å². The lowest BCUT2D eigenvalue weighted by molar-refractivity contribution is -0.118. The molecule has 19 heavy (non-hydrogen) atoms. The van der Waals surface area contributed by atoms with E-state index < -0.39 is 0 Å². The summed E-state index contributed by atoms with van der Waals surface area (Å²) < 4.78 is 0. The van der Waals surface area contributed by atoms with Gasteiger partial charge < -0.3 is 10.6 Å². The summed E-state index contributed by atoms with van der Waals surface area (Å²) >= 11 is 7.35. The topological polar surface area (TPSA) is 41.1 Å². The summed E-state index contributed by atoms with van der Waals surface area (Å²) in [6, 6.07) is 7.55. The first-order chi connectivity index (χ1) is 9.24. The van der Waals surface area contributed by atoms with Gasteiger partial charge in [-0.3, -0.25) is 4.79 Å². The highest BCUT2D eigenvalue weighted by molar-refractivity contribution is 8.00. The van der Waals surface area contributed by atoms with E-state index in [2.05, 4.69) is 10.6 Å². The maximum absolute atomic E-state index is 11.7. The van der Waals surface area contributed by atoms with E-state index in [-0.39, 0.29) is 5.91 Å². The van der Waals surface area contributed by atoms with Gasteiger partial charge in [0.1, 0.15) is 0 Å². The minimum Gasteiger partial charge on any atom is -0.355 e. The van der Waals surface area contributed by atoms with Gasteiger partial charge in [0.2, 0.25) is 5.91 Å². The number of carbonyl (C=O) groups is 1. The molecule has 1 aliphatic rings. The number of nitrogens with one attached hydrogen (secondary N) is 2. The van der Waals surface area contributed by atoms with Crippen LogP contribution in [-0.4, -0.2) is 31.3 Å². The van der Waals surface area contributed by atoms with Crippen LogP contribution in [0.1, 0.15) is 12.8 Å². The van der Waals surface area contributed by atoms with Crippen molar-refractivity contribution in [1.29, 1.82) is 0 Å². The Balaban J connectivity index is 1.60. The zero-order chi connectivity index (χ0) is 13.5. The molecule has 3 nitrogen and oxygen atoms in total. The maximum Gasteiger partial charge on any atom is 0.230 e. The Kier molecular flexibility index (Phi) is 6.01. The van der Waals surface area contributed by atoms with Gasteiger partial charge in [-0.05, 0) is 56.1 Å². The number of benzene rings is 1. The third kappa shape index (κ3) is 5.43. The first kappa shape index (κ1) is 14.7. The van der Waals surface area contributed by atoms with E-state index in [0.29, 0.717) is 5.75 Å². The Hall–Kier alpha value is -0.710. The second-order valence-corrected chi connectivity index (χ2v) is 6.23. The van der Waals surface area contributed by atoms with Crippen LogP contribution in [0.2, 0.25) is 5.02 Å². The van der Waals surface area contributed by atoms with Crippen LogP contribution in [0.3, 0.4) is 0 Å². The fourth-order valence-electron chi connectivity index (χ4n) is 2.11. The molecule has 1 atom stereocenters. The molecule has 0 saturated carbocycles. The van der Waals surface area contributed by atoms with Gasteiger partial charge in [0.25, 0.3) is 0 Å². The van der Waals surface area contributed by atoms with Gasteiger partial charge in [-0.2, -0.15) is 0 Å². The highest BCUT2D eigenvalue weighted by atomic mass is 35.5. The fourth-order valence-corrected chi connectivity index (χ4v) is 2.96. The summed E-state index contributed by atoms with van der Waals surface area (Å²) in [5, 5.41) is 7.03. The monoisotopic (exact) mass is 298 g/mol. The van der Waals surface area contributed by atoms with Crippen LogP contribution >= 0.6 is 23.4 Å². The molecule has 0 spiro atoms. The number of carbonyl (C=O) groups excluding carboxylic acids is 1. The molecular formula is C14H19ClN2OS. The maximum atomic E-state index is 11.7. The summed E-state index contributed by atoms with van der Waals surface area (Å²) in [5.41, 5.74) is 0. The zero-order valence-electron chi connectivity index (χ0n) is 10.8. The van der Waals surface area contributed by atoms with Crippen LogP contribution < -0.4 is 10.6 Å². The molecule has 1 aromatic rings. The summed E-state index contributed by atoms with van der Waals surface area (Å²) in [6.45, 7) is 2.99. The molecule has 1 aromatic carbocycles. The lowest BCUT2D eigenvalue weighted by atomic mass is 10.1. The number of rotatable bonds is 6. The summed E-state index contributed by atoms with van der Waals surface area (Å²) in [7, 11) is 0. The Morgan fingerprint density at radius 1 is 1.42 bits per heavy atom. The Labute approximate surface area is 123 Å². The van der Waals surface area contributed by atoms with E-state index >= 15 is 0 Å². The quantitative estimate of drug-likeness (QED) is 0.793. The van der Waals surface area contributed by atoms with Crippen LogP contribution in [0.25, 0.3) is 0 Å². The van der Waals surface area contributed by atoms with Gasteiger partial charge in [0.15, 0.2) is 0 Å². The van der Waals surface area contributed by atoms with Crippen molar-refractivity contribution >= 4 is 29.3 Å². The molecule has 2 N–H and O–H groups in total. The molecule has 1 unspecified atom stereocenters. The molecule has 0 bridgehead atoms. The molecular weight excluding hydrogens is 280 g/mol. The molecule has 1 fully saturated rings. The lowest BCUT2D eigenvalue weighted by Gasteiger charge is -2.09. The lowest BCUT2D eigenvalue weighted by Crippen LogP contribution is -2.27. The molecule has 0 aromatic heterocycles. The van der Waals surface area contributed by atoms with E-state index in [1.807, 2.05) is 24.3 Å². The highest BCUT2D eigenvalue weighted by Crippen LogP contribution is 2.20. The van der Waals surface area contributed by atoms with Crippen molar-refractivity contribution < 1.29 is 4.79 Å². The third-order valence-corrected chi connectivity index (χ3v) is 4.48. The normalized spacial score (nSPS) is 18.5. The Bertz CT molecular complexity index is 404. The van der Waals surface area contributed by atoms with Crippen molar-refractivity contribution in [2.75, 3.05) is 25.4 Å². The molecule has 0 aliphatic carbocycles. The minimum atomic E-state index is 0.103.